The number of nitrogens with two attached hydrogens (primary N) is 1. The summed E-state index contributed by atoms with van der Waals surface area (Å²) < 4.78 is 26.2. The van der Waals surface area contributed by atoms with Crippen molar-refractivity contribution in [3.05, 3.63) is 29.8 Å². The fraction of sp³-hybridized carbons (Fsp3) is 0.417. The van der Waals surface area contributed by atoms with Gasteiger partial charge in [-0.3, -0.25) is 4.79 Å². The molecule has 0 saturated heterocycles. The van der Waals surface area contributed by atoms with Gasteiger partial charge in [-0.2, -0.15) is 4.72 Å². The summed E-state index contributed by atoms with van der Waals surface area (Å²) in [4.78, 5) is 11.1. The Balaban J connectivity index is 2.87. The van der Waals surface area contributed by atoms with Crippen molar-refractivity contribution >= 4 is 16.0 Å². The van der Waals surface area contributed by atoms with Gasteiger partial charge in [0.1, 0.15) is 6.04 Å². The molecule has 0 radical (unpaired) electrons. The Kier molecular flexibility index (Phi) is 5.46. The highest BCUT2D eigenvalue weighted by molar-refractivity contribution is 7.89. The summed E-state index contributed by atoms with van der Waals surface area (Å²) >= 11 is 0. The van der Waals surface area contributed by atoms with Crippen LogP contribution < -0.4 is 10.5 Å². The smallest absolute Gasteiger partial charge is 0.321 e. The first kappa shape index (κ1) is 15.6. The van der Waals surface area contributed by atoms with Gasteiger partial charge in [-0.1, -0.05) is 17.7 Å². The van der Waals surface area contributed by atoms with Crippen molar-refractivity contribution in [3.63, 3.8) is 0 Å². The lowest BCUT2D eigenvalue weighted by Gasteiger charge is -2.14. The van der Waals surface area contributed by atoms with E-state index in [0.29, 0.717) is 13.0 Å². The highest BCUT2D eigenvalue weighted by atomic mass is 32.2. The zero-order chi connectivity index (χ0) is 14.5. The molecule has 1 aromatic rings. The molecular weight excluding hydrogens is 268 g/mol. The maximum Gasteiger partial charge on any atom is 0.321 e. The van der Waals surface area contributed by atoms with E-state index in [1.54, 1.807) is 12.1 Å². The molecule has 19 heavy (non-hydrogen) atoms. The van der Waals surface area contributed by atoms with Crippen molar-refractivity contribution in [2.24, 2.45) is 5.73 Å². The molecule has 0 heterocycles. The van der Waals surface area contributed by atoms with Crippen LogP contribution in [0, 0.1) is 6.92 Å². The molecule has 0 aliphatic carbocycles. The van der Waals surface area contributed by atoms with E-state index in [-0.39, 0.29) is 11.3 Å². The molecule has 0 aliphatic rings. The Bertz CT molecular complexity index is 525. The lowest BCUT2D eigenvalue weighted by Crippen LogP contribution is -2.40. The van der Waals surface area contributed by atoms with E-state index in [4.69, 9.17) is 10.8 Å². The standard InChI is InChI=1S/C12H18N2O4S/c1-9-4-6-10(7-5-9)19(17,18)14-11(12(15)16)3-2-8-13/h4-7,11,14H,2-3,8,13H2,1H3,(H,15,16)/t11-/m0/s1. The molecule has 0 spiro atoms. The predicted molar refractivity (Wildman–Crippen MR) is 71.2 cm³/mol. The molecule has 0 amide bonds. The molecule has 0 fully saturated rings. The molecule has 1 rings (SSSR count). The lowest BCUT2D eigenvalue weighted by atomic mass is 10.2. The van der Waals surface area contributed by atoms with E-state index in [2.05, 4.69) is 4.72 Å². The van der Waals surface area contributed by atoms with Gasteiger partial charge in [-0.05, 0) is 38.4 Å². The Morgan fingerprint density at radius 1 is 1.37 bits per heavy atom. The number of carboxylic acid groups (broad SMARTS) is 1. The van der Waals surface area contributed by atoms with Crippen molar-refractivity contribution in [1.29, 1.82) is 0 Å². The minimum absolute atomic E-state index is 0.0529. The van der Waals surface area contributed by atoms with Gasteiger partial charge in [0.05, 0.1) is 4.90 Å². The van der Waals surface area contributed by atoms with Gasteiger partial charge < -0.3 is 10.8 Å². The predicted octanol–water partition coefficient (Wildman–Crippen LogP) is 0.465. The number of hydrogen-bond acceptors (Lipinski definition) is 4. The first-order valence-corrected chi connectivity index (χ1v) is 7.37. The highest BCUT2D eigenvalue weighted by Gasteiger charge is 2.24. The quantitative estimate of drug-likeness (QED) is 0.675. The molecule has 0 aliphatic heterocycles. The van der Waals surface area contributed by atoms with E-state index in [1.165, 1.54) is 12.1 Å². The largest absolute Gasteiger partial charge is 0.480 e. The molecule has 106 valence electrons. The third-order valence-corrected chi connectivity index (χ3v) is 4.11. The number of aliphatic carboxylic acids is 1. The summed E-state index contributed by atoms with van der Waals surface area (Å²) in [6, 6.07) is 5.04. The second-order valence-corrected chi connectivity index (χ2v) is 5.97. The Morgan fingerprint density at radius 2 is 1.95 bits per heavy atom. The Labute approximate surface area is 112 Å². The van der Waals surface area contributed by atoms with Crippen molar-refractivity contribution < 1.29 is 18.3 Å². The third kappa shape index (κ3) is 4.62. The number of benzene rings is 1. The fourth-order valence-corrected chi connectivity index (χ4v) is 2.75. The molecule has 0 unspecified atom stereocenters. The van der Waals surface area contributed by atoms with Gasteiger partial charge in [-0.15, -0.1) is 0 Å². The number of nitrogens with one attached hydrogen (secondary N) is 1. The molecule has 0 saturated carbocycles. The van der Waals surface area contributed by atoms with E-state index >= 15 is 0 Å². The molecule has 4 N–H and O–H groups in total. The van der Waals surface area contributed by atoms with Gasteiger partial charge >= 0.3 is 5.97 Å². The Hall–Kier alpha value is -1.44. The molecular formula is C12H18N2O4S. The van der Waals surface area contributed by atoms with Crippen LogP contribution in [0.5, 0.6) is 0 Å². The van der Waals surface area contributed by atoms with Crippen LogP contribution in [-0.2, 0) is 14.8 Å². The van der Waals surface area contributed by atoms with Crippen molar-refractivity contribution in [2.75, 3.05) is 6.54 Å². The molecule has 6 nitrogen and oxygen atoms in total. The summed E-state index contributed by atoms with van der Waals surface area (Å²) in [5.41, 5.74) is 6.23. The highest BCUT2D eigenvalue weighted by Crippen LogP contribution is 2.11. The minimum Gasteiger partial charge on any atom is -0.480 e. The van der Waals surface area contributed by atoms with Crippen LogP contribution in [0.25, 0.3) is 0 Å². The average molecular weight is 286 g/mol. The van der Waals surface area contributed by atoms with Crippen LogP contribution in [0.1, 0.15) is 18.4 Å². The monoisotopic (exact) mass is 286 g/mol. The van der Waals surface area contributed by atoms with E-state index in [0.717, 1.165) is 5.56 Å². The summed E-state index contributed by atoms with van der Waals surface area (Å²) in [6.07, 6.45) is 0.601. The minimum atomic E-state index is -3.82. The van der Waals surface area contributed by atoms with Gasteiger partial charge in [0.2, 0.25) is 10.0 Å². The molecule has 0 bridgehead atoms. The third-order valence-electron chi connectivity index (χ3n) is 2.62. The van der Waals surface area contributed by atoms with Crippen LogP contribution in [0.4, 0.5) is 0 Å². The SMILES string of the molecule is Cc1ccc(S(=O)(=O)N[C@@H](CCCN)C(=O)O)cc1. The van der Waals surface area contributed by atoms with Gasteiger partial charge in [0, 0.05) is 0 Å². The zero-order valence-corrected chi connectivity index (χ0v) is 11.5. The van der Waals surface area contributed by atoms with Gasteiger partial charge in [0.15, 0.2) is 0 Å². The maximum atomic E-state index is 12.0. The number of rotatable bonds is 7. The summed E-state index contributed by atoms with van der Waals surface area (Å²) in [7, 11) is -3.82. The fourth-order valence-electron chi connectivity index (χ4n) is 1.53. The molecule has 1 aromatic carbocycles. The van der Waals surface area contributed by atoms with E-state index < -0.39 is 22.0 Å². The van der Waals surface area contributed by atoms with Gasteiger partial charge in [0.25, 0.3) is 0 Å². The second-order valence-electron chi connectivity index (χ2n) is 4.26. The van der Waals surface area contributed by atoms with Crippen LogP contribution in [0.3, 0.4) is 0 Å². The van der Waals surface area contributed by atoms with Crippen molar-refractivity contribution in [3.8, 4) is 0 Å². The molecule has 0 aromatic heterocycles. The van der Waals surface area contributed by atoms with Crippen molar-refractivity contribution in [2.45, 2.75) is 30.7 Å². The summed E-state index contributed by atoms with van der Waals surface area (Å²) in [5.74, 6) is -1.20. The normalized spacial score (nSPS) is 13.2. The summed E-state index contributed by atoms with van der Waals surface area (Å²) in [5, 5.41) is 8.99. The van der Waals surface area contributed by atoms with E-state index in [1.807, 2.05) is 6.92 Å². The zero-order valence-electron chi connectivity index (χ0n) is 10.7. The van der Waals surface area contributed by atoms with Crippen LogP contribution in [0.2, 0.25) is 0 Å². The first-order chi connectivity index (χ1) is 8.86. The van der Waals surface area contributed by atoms with Crippen molar-refractivity contribution in [1.82, 2.24) is 4.72 Å². The van der Waals surface area contributed by atoms with E-state index in [9.17, 15) is 13.2 Å². The van der Waals surface area contributed by atoms with Crippen LogP contribution in [0.15, 0.2) is 29.2 Å². The number of hydrogen-bond donors (Lipinski definition) is 3. The van der Waals surface area contributed by atoms with Gasteiger partial charge in [-0.25, -0.2) is 8.42 Å². The molecule has 7 heteroatoms. The molecule has 1 atom stereocenters. The first-order valence-electron chi connectivity index (χ1n) is 5.88. The maximum absolute atomic E-state index is 12.0. The number of carboxylic acids is 1. The average Bonchev–Trinajstić information content (AvgIpc) is 2.34. The number of aryl methyl sites for hydroxylation is 1. The summed E-state index contributed by atoms with van der Waals surface area (Å²) in [6.45, 7) is 2.15. The van der Waals surface area contributed by atoms with Crippen LogP contribution in [-0.4, -0.2) is 32.1 Å². The Morgan fingerprint density at radius 3 is 2.42 bits per heavy atom. The topological polar surface area (TPSA) is 109 Å². The van der Waals surface area contributed by atoms with Crippen LogP contribution >= 0.6 is 0 Å². The lowest BCUT2D eigenvalue weighted by molar-refractivity contribution is -0.139. The number of sulfonamides is 1. The second kappa shape index (κ2) is 6.65. The number of carbonyl (C=O) groups is 1.